The molecule has 0 unspecified atom stereocenters. The number of hydrogen-bond donors (Lipinski definition) is 1. The number of carbonyl (C=O) groups is 1. The van der Waals surface area contributed by atoms with Crippen molar-refractivity contribution >= 4 is 17.8 Å². The lowest BCUT2D eigenvalue weighted by atomic mass is 10.2. The van der Waals surface area contributed by atoms with Gasteiger partial charge in [0.05, 0.1) is 27.0 Å². The van der Waals surface area contributed by atoms with Crippen molar-refractivity contribution in [1.82, 2.24) is 5.43 Å². The van der Waals surface area contributed by atoms with Crippen LogP contribution in [0.4, 0.5) is 5.69 Å². The average Bonchev–Trinajstić information content (AvgIpc) is 2.62. The van der Waals surface area contributed by atoms with Crippen LogP contribution in [-0.2, 0) is 4.79 Å². The first-order valence-corrected chi connectivity index (χ1v) is 7.44. The quantitative estimate of drug-likeness (QED) is 0.626. The molecule has 2 aromatic rings. The van der Waals surface area contributed by atoms with Gasteiger partial charge in [0.15, 0.2) is 11.5 Å². The number of likely N-dealkylation sites (N-methyl/N-ethyl adjacent to an activating group) is 1. The van der Waals surface area contributed by atoms with Gasteiger partial charge in [0, 0.05) is 12.7 Å². The van der Waals surface area contributed by atoms with Crippen LogP contribution >= 0.6 is 0 Å². The Kier molecular flexibility index (Phi) is 6.19. The summed E-state index contributed by atoms with van der Waals surface area (Å²) < 4.78 is 10.4. The van der Waals surface area contributed by atoms with Gasteiger partial charge in [-0.3, -0.25) is 4.79 Å². The first-order valence-electron chi connectivity index (χ1n) is 7.44. The number of amides is 1. The Labute approximate surface area is 141 Å². The van der Waals surface area contributed by atoms with E-state index in [4.69, 9.17) is 9.47 Å². The molecule has 6 heteroatoms. The Bertz CT molecular complexity index is 702. The summed E-state index contributed by atoms with van der Waals surface area (Å²) in [5.41, 5.74) is 4.28. The number of methoxy groups -OCH3 is 2. The van der Waals surface area contributed by atoms with Crippen LogP contribution in [0.15, 0.2) is 53.6 Å². The monoisotopic (exact) mass is 327 g/mol. The minimum atomic E-state index is -0.196. The summed E-state index contributed by atoms with van der Waals surface area (Å²) in [4.78, 5) is 13.8. The van der Waals surface area contributed by atoms with E-state index in [1.54, 1.807) is 32.6 Å². The van der Waals surface area contributed by atoms with Crippen molar-refractivity contribution in [3.63, 3.8) is 0 Å². The second kappa shape index (κ2) is 8.57. The lowest BCUT2D eigenvalue weighted by Crippen LogP contribution is -2.32. The summed E-state index contributed by atoms with van der Waals surface area (Å²) in [6.45, 7) is 0.216. The van der Waals surface area contributed by atoms with E-state index >= 15 is 0 Å². The van der Waals surface area contributed by atoms with Gasteiger partial charge in [0.1, 0.15) is 0 Å². The number of rotatable bonds is 7. The van der Waals surface area contributed by atoms with Crippen molar-refractivity contribution in [2.75, 3.05) is 32.7 Å². The minimum Gasteiger partial charge on any atom is -0.493 e. The maximum Gasteiger partial charge on any atom is 0.259 e. The third kappa shape index (κ3) is 4.74. The molecule has 24 heavy (non-hydrogen) atoms. The second-order valence-electron chi connectivity index (χ2n) is 5.10. The van der Waals surface area contributed by atoms with Crippen molar-refractivity contribution in [3.8, 4) is 11.5 Å². The standard InChI is InChI=1S/C18H21N3O3/c1-21(15-7-5-4-6-8-15)13-18(22)20-19-12-14-9-10-16(23-2)17(11-14)24-3/h4-12H,13H2,1-3H3,(H,20,22). The molecular weight excluding hydrogens is 306 g/mol. The summed E-state index contributed by atoms with van der Waals surface area (Å²) in [6.07, 6.45) is 1.56. The smallest absolute Gasteiger partial charge is 0.259 e. The Morgan fingerprint density at radius 3 is 2.50 bits per heavy atom. The Morgan fingerprint density at radius 2 is 1.83 bits per heavy atom. The maximum absolute atomic E-state index is 11.9. The van der Waals surface area contributed by atoms with Gasteiger partial charge in [-0.2, -0.15) is 5.10 Å². The van der Waals surface area contributed by atoms with Crippen LogP contribution in [0, 0.1) is 0 Å². The molecular formula is C18H21N3O3. The third-order valence-corrected chi connectivity index (χ3v) is 3.39. The molecule has 0 spiro atoms. The van der Waals surface area contributed by atoms with Crippen molar-refractivity contribution in [2.45, 2.75) is 0 Å². The molecule has 0 heterocycles. The molecule has 1 N–H and O–H groups in total. The molecule has 6 nitrogen and oxygen atoms in total. The van der Waals surface area contributed by atoms with Gasteiger partial charge in [-0.15, -0.1) is 0 Å². The summed E-state index contributed by atoms with van der Waals surface area (Å²) >= 11 is 0. The summed E-state index contributed by atoms with van der Waals surface area (Å²) in [5.74, 6) is 1.05. The summed E-state index contributed by atoms with van der Waals surface area (Å²) in [5, 5.41) is 3.97. The van der Waals surface area contributed by atoms with Crippen molar-refractivity contribution < 1.29 is 14.3 Å². The molecule has 2 rings (SSSR count). The van der Waals surface area contributed by atoms with E-state index < -0.39 is 0 Å². The first kappa shape index (κ1) is 17.3. The number of benzene rings is 2. The van der Waals surface area contributed by atoms with Gasteiger partial charge >= 0.3 is 0 Å². The van der Waals surface area contributed by atoms with E-state index in [-0.39, 0.29) is 12.5 Å². The van der Waals surface area contributed by atoms with Gasteiger partial charge in [-0.1, -0.05) is 18.2 Å². The molecule has 0 aliphatic heterocycles. The van der Waals surface area contributed by atoms with Crippen molar-refractivity contribution in [3.05, 3.63) is 54.1 Å². The Balaban J connectivity index is 1.90. The van der Waals surface area contributed by atoms with E-state index in [0.29, 0.717) is 11.5 Å². The van der Waals surface area contributed by atoms with E-state index in [1.165, 1.54) is 0 Å². The highest BCUT2D eigenvalue weighted by molar-refractivity contribution is 5.85. The molecule has 1 amide bonds. The SMILES string of the molecule is COc1ccc(C=NNC(=O)CN(C)c2ccccc2)cc1OC. The zero-order valence-electron chi connectivity index (χ0n) is 14.0. The van der Waals surface area contributed by atoms with Gasteiger partial charge in [0.2, 0.25) is 0 Å². The van der Waals surface area contributed by atoms with Crippen LogP contribution in [0.25, 0.3) is 0 Å². The van der Waals surface area contributed by atoms with Crippen LogP contribution in [0.3, 0.4) is 0 Å². The number of hydrazone groups is 1. The van der Waals surface area contributed by atoms with E-state index in [9.17, 15) is 4.79 Å². The number of nitrogens with one attached hydrogen (secondary N) is 1. The largest absolute Gasteiger partial charge is 0.493 e. The number of nitrogens with zero attached hydrogens (tertiary/aromatic N) is 2. The topological polar surface area (TPSA) is 63.2 Å². The summed E-state index contributed by atoms with van der Waals surface area (Å²) in [7, 11) is 5.00. The Hall–Kier alpha value is -3.02. The molecule has 0 atom stereocenters. The maximum atomic E-state index is 11.9. The van der Waals surface area contributed by atoms with E-state index in [0.717, 1.165) is 11.3 Å². The first-order chi connectivity index (χ1) is 11.6. The van der Waals surface area contributed by atoms with E-state index in [2.05, 4.69) is 10.5 Å². The average molecular weight is 327 g/mol. The number of carbonyl (C=O) groups excluding carboxylic acids is 1. The molecule has 0 aromatic heterocycles. The molecule has 126 valence electrons. The fraction of sp³-hybridized carbons (Fsp3) is 0.222. The molecule has 0 saturated carbocycles. The summed E-state index contributed by atoms with van der Waals surface area (Å²) in [6, 6.07) is 15.1. The zero-order chi connectivity index (χ0) is 17.4. The predicted octanol–water partition coefficient (Wildman–Crippen LogP) is 2.29. The molecule has 2 aromatic carbocycles. The Morgan fingerprint density at radius 1 is 1.12 bits per heavy atom. The molecule has 0 bridgehead atoms. The van der Waals surface area contributed by atoms with Crippen LogP contribution in [0.1, 0.15) is 5.56 Å². The van der Waals surface area contributed by atoms with Crippen LogP contribution in [-0.4, -0.2) is 39.9 Å². The lowest BCUT2D eigenvalue weighted by molar-refractivity contribution is -0.119. The van der Waals surface area contributed by atoms with Crippen LogP contribution in [0.5, 0.6) is 11.5 Å². The van der Waals surface area contributed by atoms with Gasteiger partial charge in [0.25, 0.3) is 5.91 Å². The third-order valence-electron chi connectivity index (χ3n) is 3.39. The lowest BCUT2D eigenvalue weighted by Gasteiger charge is -2.17. The van der Waals surface area contributed by atoms with Gasteiger partial charge in [-0.25, -0.2) is 5.43 Å². The minimum absolute atomic E-state index is 0.196. The van der Waals surface area contributed by atoms with Crippen LogP contribution in [0.2, 0.25) is 0 Å². The number of anilines is 1. The molecule has 0 saturated heterocycles. The normalized spacial score (nSPS) is 10.5. The highest BCUT2D eigenvalue weighted by Crippen LogP contribution is 2.26. The fourth-order valence-electron chi connectivity index (χ4n) is 2.14. The van der Waals surface area contributed by atoms with Crippen molar-refractivity contribution in [1.29, 1.82) is 0 Å². The van der Waals surface area contributed by atoms with E-state index in [1.807, 2.05) is 48.3 Å². The fourth-order valence-corrected chi connectivity index (χ4v) is 2.14. The number of hydrogen-bond acceptors (Lipinski definition) is 5. The second-order valence-corrected chi connectivity index (χ2v) is 5.10. The highest BCUT2D eigenvalue weighted by Gasteiger charge is 2.06. The van der Waals surface area contributed by atoms with Crippen LogP contribution < -0.4 is 19.8 Å². The molecule has 0 aliphatic rings. The van der Waals surface area contributed by atoms with Gasteiger partial charge in [-0.05, 0) is 35.9 Å². The zero-order valence-corrected chi connectivity index (χ0v) is 14.0. The predicted molar refractivity (Wildman–Crippen MR) is 95.0 cm³/mol. The van der Waals surface area contributed by atoms with Crippen molar-refractivity contribution in [2.24, 2.45) is 5.10 Å². The van der Waals surface area contributed by atoms with Gasteiger partial charge < -0.3 is 14.4 Å². The number of ether oxygens (including phenoxy) is 2. The molecule has 0 radical (unpaired) electrons. The highest BCUT2D eigenvalue weighted by atomic mass is 16.5. The molecule has 0 fully saturated rings. The number of para-hydroxylation sites is 1. The molecule has 0 aliphatic carbocycles.